The maximum absolute atomic E-state index is 10.4. The number of fused-ring (bicyclic) bond motifs is 1. The number of imidazole rings is 1. The van der Waals surface area contributed by atoms with Gasteiger partial charge in [-0.1, -0.05) is 19.3 Å². The standard InChI is InChI=1S/C19H21N5O4/c1-2-3-4-5-6-13-21-16(20)14-18(22-13)24(19-15(26)12(25)10-28-19)17(23-14)11-7-8-27-9-11/h7-9,12,15,19,25-26H,2-4,10H2,1H3,(H2,20,21,22)/t12-,15-,19-/m1/s1. The normalized spacial score (nSPS) is 21.8. The fourth-order valence-electron chi connectivity index (χ4n) is 3.11. The van der Waals surface area contributed by atoms with E-state index in [1.807, 2.05) is 0 Å². The zero-order valence-electron chi connectivity index (χ0n) is 15.4. The molecule has 0 spiro atoms. The van der Waals surface area contributed by atoms with E-state index in [9.17, 15) is 10.2 Å². The number of furan rings is 1. The molecule has 9 heteroatoms. The van der Waals surface area contributed by atoms with Gasteiger partial charge in [0.05, 0.1) is 18.4 Å². The van der Waals surface area contributed by atoms with Crippen molar-refractivity contribution < 1.29 is 19.4 Å². The summed E-state index contributed by atoms with van der Waals surface area (Å²) >= 11 is 0. The number of hydrogen-bond acceptors (Lipinski definition) is 8. The summed E-state index contributed by atoms with van der Waals surface area (Å²) < 4.78 is 12.4. The van der Waals surface area contributed by atoms with Gasteiger partial charge in [-0.05, 0) is 18.4 Å². The van der Waals surface area contributed by atoms with Crippen LogP contribution >= 0.6 is 0 Å². The number of nitrogen functional groups attached to an aromatic ring is 1. The molecule has 0 aliphatic carbocycles. The van der Waals surface area contributed by atoms with Crippen LogP contribution in [-0.2, 0) is 4.74 Å². The van der Waals surface area contributed by atoms with E-state index >= 15 is 0 Å². The fourth-order valence-corrected chi connectivity index (χ4v) is 3.11. The van der Waals surface area contributed by atoms with E-state index < -0.39 is 18.4 Å². The van der Waals surface area contributed by atoms with Gasteiger partial charge in [-0.25, -0.2) is 15.0 Å². The molecule has 0 saturated carbocycles. The third kappa shape index (κ3) is 3.22. The van der Waals surface area contributed by atoms with Crippen LogP contribution in [0.3, 0.4) is 0 Å². The number of aliphatic hydroxyl groups excluding tert-OH is 2. The Labute approximate surface area is 161 Å². The van der Waals surface area contributed by atoms with E-state index in [0.29, 0.717) is 22.6 Å². The quantitative estimate of drug-likeness (QED) is 0.456. The van der Waals surface area contributed by atoms with Gasteiger partial charge in [0.25, 0.3) is 0 Å². The SMILES string of the molecule is CCCCC#Cc1nc(N)c2nc(-c3ccoc3)n([C@@H]3OC[C@@H](O)[C@H]3O)c2n1. The Morgan fingerprint density at radius 1 is 1.32 bits per heavy atom. The molecule has 146 valence electrons. The summed E-state index contributed by atoms with van der Waals surface area (Å²) in [5.74, 6) is 6.87. The van der Waals surface area contributed by atoms with Crippen molar-refractivity contribution >= 4 is 17.0 Å². The number of rotatable bonds is 4. The minimum absolute atomic E-state index is 0.000575. The van der Waals surface area contributed by atoms with Crippen LogP contribution < -0.4 is 5.73 Å². The van der Waals surface area contributed by atoms with E-state index in [1.54, 1.807) is 10.6 Å². The van der Waals surface area contributed by atoms with Gasteiger partial charge < -0.3 is 25.1 Å². The number of nitrogens with two attached hydrogens (primary N) is 1. The molecule has 0 unspecified atom stereocenters. The van der Waals surface area contributed by atoms with E-state index in [2.05, 4.69) is 33.7 Å². The number of anilines is 1. The van der Waals surface area contributed by atoms with Gasteiger partial charge in [-0.2, -0.15) is 0 Å². The van der Waals surface area contributed by atoms with Crippen molar-refractivity contribution in [1.29, 1.82) is 0 Å². The molecule has 3 aromatic rings. The Hall–Kier alpha value is -2.93. The fraction of sp³-hybridized carbons (Fsp3) is 0.421. The molecule has 3 atom stereocenters. The first-order valence-electron chi connectivity index (χ1n) is 9.14. The Morgan fingerprint density at radius 3 is 2.86 bits per heavy atom. The largest absolute Gasteiger partial charge is 0.472 e. The minimum Gasteiger partial charge on any atom is -0.472 e. The van der Waals surface area contributed by atoms with Gasteiger partial charge in [-0.3, -0.25) is 4.57 Å². The first-order chi connectivity index (χ1) is 13.6. The molecule has 1 saturated heterocycles. The van der Waals surface area contributed by atoms with Crippen molar-refractivity contribution in [2.45, 2.75) is 44.6 Å². The molecule has 4 N–H and O–H groups in total. The minimum atomic E-state index is -1.14. The number of aromatic nitrogens is 4. The summed E-state index contributed by atoms with van der Waals surface area (Å²) in [7, 11) is 0. The molecule has 1 fully saturated rings. The Balaban J connectivity index is 1.88. The lowest BCUT2D eigenvalue weighted by molar-refractivity contribution is -0.0153. The third-order valence-corrected chi connectivity index (χ3v) is 4.58. The smallest absolute Gasteiger partial charge is 0.208 e. The molecule has 0 radical (unpaired) electrons. The molecule has 0 amide bonds. The lowest BCUT2D eigenvalue weighted by Crippen LogP contribution is -2.28. The zero-order chi connectivity index (χ0) is 19.7. The first kappa shape index (κ1) is 18.4. The number of ether oxygens (including phenoxy) is 1. The van der Waals surface area contributed by atoms with Crippen LogP contribution in [0.15, 0.2) is 23.0 Å². The maximum Gasteiger partial charge on any atom is 0.208 e. The van der Waals surface area contributed by atoms with Crippen LogP contribution in [0.4, 0.5) is 5.82 Å². The van der Waals surface area contributed by atoms with Crippen molar-refractivity contribution in [3.63, 3.8) is 0 Å². The third-order valence-electron chi connectivity index (χ3n) is 4.58. The van der Waals surface area contributed by atoms with Crippen LogP contribution in [0.2, 0.25) is 0 Å². The van der Waals surface area contributed by atoms with Crippen LogP contribution in [0.25, 0.3) is 22.6 Å². The Kier molecular flexibility index (Phi) is 5.00. The van der Waals surface area contributed by atoms with Gasteiger partial charge in [0, 0.05) is 6.42 Å². The lowest BCUT2D eigenvalue weighted by atomic mass is 10.2. The average molecular weight is 383 g/mol. The van der Waals surface area contributed by atoms with Gasteiger partial charge >= 0.3 is 0 Å². The van der Waals surface area contributed by atoms with E-state index in [-0.39, 0.29) is 18.2 Å². The van der Waals surface area contributed by atoms with Gasteiger partial charge in [0.2, 0.25) is 5.82 Å². The predicted octanol–water partition coefficient (Wildman–Crippen LogP) is 1.46. The van der Waals surface area contributed by atoms with E-state index in [1.165, 1.54) is 12.5 Å². The number of unbranched alkanes of at least 4 members (excludes halogenated alkanes) is 2. The Morgan fingerprint density at radius 2 is 2.18 bits per heavy atom. The molecule has 0 bridgehead atoms. The monoisotopic (exact) mass is 383 g/mol. The van der Waals surface area contributed by atoms with Crippen LogP contribution in [-0.4, -0.2) is 48.5 Å². The van der Waals surface area contributed by atoms with Crippen molar-refractivity contribution in [2.24, 2.45) is 0 Å². The van der Waals surface area contributed by atoms with Crippen molar-refractivity contribution in [1.82, 2.24) is 19.5 Å². The lowest BCUT2D eigenvalue weighted by Gasteiger charge is -2.19. The highest BCUT2D eigenvalue weighted by Crippen LogP contribution is 2.34. The molecule has 9 nitrogen and oxygen atoms in total. The second kappa shape index (κ2) is 7.59. The second-order valence-electron chi connectivity index (χ2n) is 6.61. The molecule has 0 aromatic carbocycles. The van der Waals surface area contributed by atoms with Gasteiger partial charge in [-0.15, -0.1) is 0 Å². The summed E-state index contributed by atoms with van der Waals surface area (Å²) in [4.78, 5) is 13.3. The molecule has 4 rings (SSSR count). The summed E-state index contributed by atoms with van der Waals surface area (Å²) in [6.45, 7) is 2.10. The highest BCUT2D eigenvalue weighted by atomic mass is 16.5. The molecule has 4 heterocycles. The van der Waals surface area contributed by atoms with E-state index in [4.69, 9.17) is 14.9 Å². The summed E-state index contributed by atoms with van der Waals surface area (Å²) in [6, 6.07) is 1.73. The number of aliphatic hydroxyl groups is 2. The topological polar surface area (TPSA) is 132 Å². The zero-order valence-corrected chi connectivity index (χ0v) is 15.4. The highest BCUT2D eigenvalue weighted by molar-refractivity contribution is 5.86. The van der Waals surface area contributed by atoms with Gasteiger partial charge in [0.1, 0.15) is 24.3 Å². The Bertz CT molecular complexity index is 1030. The average Bonchev–Trinajstić information content (AvgIpc) is 3.39. The molecule has 1 aliphatic rings. The second-order valence-corrected chi connectivity index (χ2v) is 6.61. The highest BCUT2D eigenvalue weighted by Gasteiger charge is 2.39. The van der Waals surface area contributed by atoms with Gasteiger partial charge in [0.15, 0.2) is 23.2 Å². The molecular formula is C19H21N5O4. The van der Waals surface area contributed by atoms with E-state index in [0.717, 1.165) is 19.3 Å². The summed E-state index contributed by atoms with van der Waals surface area (Å²) in [5, 5.41) is 20.3. The molecule has 3 aromatic heterocycles. The van der Waals surface area contributed by atoms with Crippen LogP contribution in [0.1, 0.15) is 38.2 Å². The molecular weight excluding hydrogens is 362 g/mol. The number of hydrogen-bond donors (Lipinski definition) is 3. The number of nitrogens with zero attached hydrogens (tertiary/aromatic N) is 4. The van der Waals surface area contributed by atoms with Crippen LogP contribution in [0.5, 0.6) is 0 Å². The van der Waals surface area contributed by atoms with Crippen molar-refractivity contribution in [3.8, 4) is 23.2 Å². The summed E-state index contributed by atoms with van der Waals surface area (Å²) in [5.41, 5.74) is 7.51. The maximum atomic E-state index is 10.4. The van der Waals surface area contributed by atoms with Crippen molar-refractivity contribution in [3.05, 3.63) is 24.4 Å². The van der Waals surface area contributed by atoms with Crippen LogP contribution in [0, 0.1) is 11.8 Å². The molecule has 28 heavy (non-hydrogen) atoms. The van der Waals surface area contributed by atoms with Crippen molar-refractivity contribution in [2.75, 3.05) is 12.3 Å². The summed E-state index contributed by atoms with van der Waals surface area (Å²) in [6.07, 6.45) is 2.80. The molecule has 1 aliphatic heterocycles. The predicted molar refractivity (Wildman–Crippen MR) is 101 cm³/mol. The first-order valence-corrected chi connectivity index (χ1v) is 9.14.